The fourth-order valence-electron chi connectivity index (χ4n) is 1.06. The van der Waals surface area contributed by atoms with E-state index in [0.29, 0.717) is 18.9 Å². The van der Waals surface area contributed by atoms with Crippen LogP contribution in [-0.2, 0) is 0 Å². The first kappa shape index (κ1) is 9.71. The molecule has 0 bridgehead atoms. The second-order valence-electron chi connectivity index (χ2n) is 2.40. The second-order valence-corrected chi connectivity index (χ2v) is 2.40. The van der Waals surface area contributed by atoms with Crippen molar-refractivity contribution in [3.05, 3.63) is 18.2 Å². The molecule has 3 heteroatoms. The van der Waals surface area contributed by atoms with Crippen LogP contribution in [0.25, 0.3) is 0 Å². The van der Waals surface area contributed by atoms with Gasteiger partial charge in [0.1, 0.15) is 13.2 Å². The molecule has 0 atom stereocenters. The number of anilines is 1. The fourth-order valence-corrected chi connectivity index (χ4v) is 1.06. The van der Waals surface area contributed by atoms with Crippen molar-refractivity contribution in [2.24, 2.45) is 0 Å². The summed E-state index contributed by atoms with van der Waals surface area (Å²) in [6.45, 7) is 5.23. The van der Waals surface area contributed by atoms with Crippen molar-refractivity contribution in [1.29, 1.82) is 0 Å². The SMILES string of the molecule is CC.Nc1ccc2c(c1)OCCO2. The third kappa shape index (κ3) is 2.28. The van der Waals surface area contributed by atoms with E-state index in [1.165, 1.54) is 0 Å². The largest absolute Gasteiger partial charge is 0.486 e. The van der Waals surface area contributed by atoms with Gasteiger partial charge >= 0.3 is 0 Å². The van der Waals surface area contributed by atoms with E-state index in [2.05, 4.69) is 0 Å². The van der Waals surface area contributed by atoms with E-state index < -0.39 is 0 Å². The van der Waals surface area contributed by atoms with Gasteiger partial charge in [0.2, 0.25) is 0 Å². The van der Waals surface area contributed by atoms with Crippen molar-refractivity contribution in [2.75, 3.05) is 18.9 Å². The average molecular weight is 181 g/mol. The van der Waals surface area contributed by atoms with Crippen LogP contribution in [0.15, 0.2) is 18.2 Å². The molecule has 0 aromatic heterocycles. The van der Waals surface area contributed by atoms with Crippen molar-refractivity contribution in [3.8, 4) is 11.5 Å². The molecule has 1 aliphatic rings. The highest BCUT2D eigenvalue weighted by atomic mass is 16.6. The molecule has 0 amide bonds. The Bertz CT molecular complexity index is 274. The van der Waals surface area contributed by atoms with Crippen LogP contribution in [0.2, 0.25) is 0 Å². The lowest BCUT2D eigenvalue weighted by Crippen LogP contribution is -2.15. The van der Waals surface area contributed by atoms with Crippen LogP contribution in [0.1, 0.15) is 13.8 Å². The molecular weight excluding hydrogens is 166 g/mol. The van der Waals surface area contributed by atoms with Crippen LogP contribution in [0, 0.1) is 0 Å². The molecule has 0 saturated heterocycles. The smallest absolute Gasteiger partial charge is 0.163 e. The predicted molar refractivity (Wildman–Crippen MR) is 53.2 cm³/mol. The Hall–Kier alpha value is -1.38. The Morgan fingerprint density at radius 2 is 1.69 bits per heavy atom. The summed E-state index contributed by atoms with van der Waals surface area (Å²) in [6, 6.07) is 5.39. The van der Waals surface area contributed by atoms with Crippen LogP contribution >= 0.6 is 0 Å². The number of nitrogens with two attached hydrogens (primary N) is 1. The van der Waals surface area contributed by atoms with Crippen LogP contribution in [0.5, 0.6) is 11.5 Å². The van der Waals surface area contributed by atoms with E-state index in [9.17, 15) is 0 Å². The number of nitrogen functional groups attached to an aromatic ring is 1. The zero-order valence-corrected chi connectivity index (χ0v) is 8.04. The van der Waals surface area contributed by atoms with E-state index in [0.717, 1.165) is 11.5 Å². The highest BCUT2D eigenvalue weighted by Gasteiger charge is 2.09. The van der Waals surface area contributed by atoms with E-state index in [1.807, 2.05) is 19.9 Å². The quantitative estimate of drug-likeness (QED) is 0.623. The summed E-state index contributed by atoms with van der Waals surface area (Å²) in [5.74, 6) is 1.53. The number of fused-ring (bicyclic) bond motifs is 1. The maximum absolute atomic E-state index is 5.55. The van der Waals surface area contributed by atoms with Crippen LogP contribution < -0.4 is 15.2 Å². The molecule has 0 radical (unpaired) electrons. The molecule has 13 heavy (non-hydrogen) atoms. The molecule has 0 fully saturated rings. The average Bonchev–Trinajstić information content (AvgIpc) is 2.21. The highest BCUT2D eigenvalue weighted by molar-refractivity contribution is 5.52. The molecule has 0 saturated carbocycles. The summed E-state index contributed by atoms with van der Waals surface area (Å²) < 4.78 is 10.6. The summed E-state index contributed by atoms with van der Waals surface area (Å²) in [7, 11) is 0. The van der Waals surface area contributed by atoms with Gasteiger partial charge in [-0.15, -0.1) is 0 Å². The molecule has 0 unspecified atom stereocenters. The normalized spacial score (nSPS) is 12.8. The summed E-state index contributed by atoms with van der Waals surface area (Å²) in [6.07, 6.45) is 0. The van der Waals surface area contributed by atoms with Gasteiger partial charge < -0.3 is 15.2 Å². The number of rotatable bonds is 0. The predicted octanol–water partition coefficient (Wildman–Crippen LogP) is 2.07. The number of hydrogen-bond acceptors (Lipinski definition) is 3. The van der Waals surface area contributed by atoms with Gasteiger partial charge in [-0.25, -0.2) is 0 Å². The summed E-state index contributed by atoms with van der Waals surface area (Å²) in [4.78, 5) is 0. The van der Waals surface area contributed by atoms with Crippen LogP contribution in [0.4, 0.5) is 5.69 Å². The number of ether oxygens (including phenoxy) is 2. The first-order valence-corrected chi connectivity index (χ1v) is 4.51. The Labute approximate surface area is 78.5 Å². The number of benzene rings is 1. The maximum Gasteiger partial charge on any atom is 0.163 e. The van der Waals surface area contributed by atoms with Gasteiger partial charge in [-0.05, 0) is 12.1 Å². The standard InChI is InChI=1S/C8H9NO2.C2H6/c9-6-1-2-7-8(5-6)11-4-3-10-7;1-2/h1-2,5H,3-4,9H2;1-2H3. The molecule has 2 N–H and O–H groups in total. The molecule has 0 aliphatic carbocycles. The first-order chi connectivity index (χ1) is 6.36. The first-order valence-electron chi connectivity index (χ1n) is 4.51. The van der Waals surface area contributed by atoms with Crippen molar-refractivity contribution >= 4 is 5.69 Å². The van der Waals surface area contributed by atoms with E-state index >= 15 is 0 Å². The molecule has 0 spiro atoms. The van der Waals surface area contributed by atoms with E-state index in [-0.39, 0.29) is 0 Å². The van der Waals surface area contributed by atoms with Crippen LogP contribution in [-0.4, -0.2) is 13.2 Å². The lowest BCUT2D eigenvalue weighted by atomic mass is 10.3. The van der Waals surface area contributed by atoms with Gasteiger partial charge in [0.05, 0.1) is 0 Å². The van der Waals surface area contributed by atoms with Crippen molar-refractivity contribution < 1.29 is 9.47 Å². The molecule has 3 nitrogen and oxygen atoms in total. The summed E-state index contributed by atoms with van der Waals surface area (Å²) >= 11 is 0. The minimum atomic E-state index is 0.608. The second kappa shape index (κ2) is 4.60. The molecule has 1 aliphatic heterocycles. The van der Waals surface area contributed by atoms with Gasteiger partial charge in [0, 0.05) is 11.8 Å². The summed E-state index contributed by atoms with van der Waals surface area (Å²) in [5.41, 5.74) is 6.25. The molecule has 1 heterocycles. The van der Waals surface area contributed by atoms with Gasteiger partial charge in [0.15, 0.2) is 11.5 Å². The maximum atomic E-state index is 5.55. The van der Waals surface area contributed by atoms with Gasteiger partial charge in [-0.3, -0.25) is 0 Å². The topological polar surface area (TPSA) is 44.5 Å². The monoisotopic (exact) mass is 181 g/mol. The zero-order chi connectivity index (χ0) is 9.68. The van der Waals surface area contributed by atoms with Gasteiger partial charge in [-0.1, -0.05) is 13.8 Å². The molecular formula is C10H15NO2. The van der Waals surface area contributed by atoms with Gasteiger partial charge in [-0.2, -0.15) is 0 Å². The van der Waals surface area contributed by atoms with E-state index in [1.54, 1.807) is 12.1 Å². The van der Waals surface area contributed by atoms with Gasteiger partial charge in [0.25, 0.3) is 0 Å². The Kier molecular flexibility index (Phi) is 3.43. The third-order valence-electron chi connectivity index (χ3n) is 1.57. The molecule has 72 valence electrons. The lowest BCUT2D eigenvalue weighted by molar-refractivity contribution is 0.171. The molecule has 2 rings (SSSR count). The fraction of sp³-hybridized carbons (Fsp3) is 0.400. The van der Waals surface area contributed by atoms with E-state index in [4.69, 9.17) is 15.2 Å². The third-order valence-corrected chi connectivity index (χ3v) is 1.57. The lowest BCUT2D eigenvalue weighted by Gasteiger charge is -2.17. The van der Waals surface area contributed by atoms with Crippen molar-refractivity contribution in [1.82, 2.24) is 0 Å². The Morgan fingerprint density at radius 3 is 2.38 bits per heavy atom. The zero-order valence-electron chi connectivity index (χ0n) is 8.04. The number of hydrogen-bond donors (Lipinski definition) is 1. The molecule has 1 aromatic rings. The minimum absolute atomic E-state index is 0.608. The Morgan fingerprint density at radius 1 is 1.08 bits per heavy atom. The van der Waals surface area contributed by atoms with Crippen LogP contribution in [0.3, 0.4) is 0 Å². The van der Waals surface area contributed by atoms with Crippen molar-refractivity contribution in [3.63, 3.8) is 0 Å². The highest BCUT2D eigenvalue weighted by Crippen LogP contribution is 2.31. The Balaban J connectivity index is 0.000000396. The van der Waals surface area contributed by atoms with Crippen molar-refractivity contribution in [2.45, 2.75) is 13.8 Å². The summed E-state index contributed by atoms with van der Waals surface area (Å²) in [5, 5.41) is 0. The minimum Gasteiger partial charge on any atom is -0.486 e. The molecule has 1 aromatic carbocycles.